The lowest BCUT2D eigenvalue weighted by molar-refractivity contribution is 0.0342. The maximum Gasteiger partial charge on any atom is 0.254 e. The number of aromatic hydroxyl groups is 1. The predicted octanol–water partition coefficient (Wildman–Crippen LogP) is 3.32. The van der Waals surface area contributed by atoms with E-state index in [9.17, 15) is 14.3 Å². The summed E-state index contributed by atoms with van der Waals surface area (Å²) in [6, 6.07) is 13.5. The van der Waals surface area contributed by atoms with E-state index in [2.05, 4.69) is 9.88 Å². The van der Waals surface area contributed by atoms with E-state index >= 15 is 0 Å². The molecule has 4 rings (SSSR count). The fourth-order valence-corrected chi connectivity index (χ4v) is 3.52. The molecule has 7 nitrogen and oxygen atoms in total. The minimum absolute atomic E-state index is 0.0645. The van der Waals surface area contributed by atoms with Crippen LogP contribution in [-0.4, -0.2) is 47.2 Å². The lowest BCUT2D eigenvalue weighted by Gasteiger charge is -2.27. The van der Waals surface area contributed by atoms with Crippen molar-refractivity contribution in [3.8, 4) is 28.5 Å². The maximum atomic E-state index is 13.4. The first-order chi connectivity index (χ1) is 15.0. The molecule has 1 amide bonds. The van der Waals surface area contributed by atoms with Crippen molar-refractivity contribution < 1.29 is 23.8 Å². The number of phenolic OH excluding ortho intramolecular Hbond substituents is 1. The second-order valence-corrected chi connectivity index (χ2v) is 7.23. The molecular weight excluding hydrogens is 401 g/mol. The quantitative estimate of drug-likeness (QED) is 0.631. The Labute approximate surface area is 178 Å². The molecule has 0 radical (unpaired) electrons. The molecular formula is C23H22FN3O4. The zero-order valence-electron chi connectivity index (χ0n) is 16.8. The number of morpholine rings is 1. The van der Waals surface area contributed by atoms with Crippen molar-refractivity contribution >= 4 is 5.91 Å². The summed E-state index contributed by atoms with van der Waals surface area (Å²) in [7, 11) is 0. The molecule has 1 fully saturated rings. The van der Waals surface area contributed by atoms with Gasteiger partial charge in [-0.05, 0) is 47.0 Å². The lowest BCUT2D eigenvalue weighted by atomic mass is 9.98. The molecule has 31 heavy (non-hydrogen) atoms. The third kappa shape index (κ3) is 4.99. The Morgan fingerprint density at radius 3 is 2.77 bits per heavy atom. The SMILES string of the molecule is NC(=O)c1cc(F)cnc1Oc1cccc(-c2ccc(O)cc2CN2CCOCC2)c1. The average Bonchev–Trinajstić information content (AvgIpc) is 2.76. The van der Waals surface area contributed by atoms with E-state index < -0.39 is 11.7 Å². The number of aromatic nitrogens is 1. The van der Waals surface area contributed by atoms with Crippen LogP contribution < -0.4 is 10.5 Å². The molecule has 1 aromatic heterocycles. The van der Waals surface area contributed by atoms with Crippen LogP contribution in [0.3, 0.4) is 0 Å². The van der Waals surface area contributed by atoms with Crippen LogP contribution in [0.1, 0.15) is 15.9 Å². The summed E-state index contributed by atoms with van der Waals surface area (Å²) in [5, 5.41) is 10.0. The molecule has 0 bridgehead atoms. The number of nitrogens with two attached hydrogens (primary N) is 1. The van der Waals surface area contributed by atoms with Crippen molar-refractivity contribution in [2.75, 3.05) is 26.3 Å². The summed E-state index contributed by atoms with van der Waals surface area (Å²) in [6.07, 6.45) is 0.964. The fourth-order valence-electron chi connectivity index (χ4n) is 3.52. The van der Waals surface area contributed by atoms with Gasteiger partial charge in [-0.2, -0.15) is 0 Å². The van der Waals surface area contributed by atoms with Crippen LogP contribution in [0.5, 0.6) is 17.4 Å². The molecule has 0 unspecified atom stereocenters. The Balaban J connectivity index is 1.64. The number of amides is 1. The molecule has 8 heteroatoms. The van der Waals surface area contributed by atoms with E-state index in [1.807, 2.05) is 18.2 Å². The van der Waals surface area contributed by atoms with Crippen LogP contribution in [0, 0.1) is 5.82 Å². The highest BCUT2D eigenvalue weighted by Gasteiger charge is 2.16. The smallest absolute Gasteiger partial charge is 0.254 e. The number of carbonyl (C=O) groups excluding carboxylic acids is 1. The summed E-state index contributed by atoms with van der Waals surface area (Å²) < 4.78 is 24.6. The summed E-state index contributed by atoms with van der Waals surface area (Å²) in [6.45, 7) is 3.69. The van der Waals surface area contributed by atoms with Gasteiger partial charge in [0.05, 0.1) is 19.4 Å². The topological polar surface area (TPSA) is 97.9 Å². The standard InChI is InChI=1S/C23H22FN3O4/c24-17-12-21(22(25)29)23(26-13-17)31-19-3-1-2-15(11-19)20-5-4-18(28)10-16(20)14-27-6-8-30-9-7-27/h1-5,10-13,28H,6-9,14H2,(H2,25,29). The summed E-state index contributed by atoms with van der Waals surface area (Å²) in [5.74, 6) is -0.952. The molecule has 3 N–H and O–H groups in total. The molecule has 1 aliphatic rings. The predicted molar refractivity (Wildman–Crippen MR) is 112 cm³/mol. The first-order valence-corrected chi connectivity index (χ1v) is 9.85. The zero-order chi connectivity index (χ0) is 21.8. The van der Waals surface area contributed by atoms with Crippen LogP contribution in [0.15, 0.2) is 54.7 Å². The molecule has 160 valence electrons. The number of phenols is 1. The van der Waals surface area contributed by atoms with Crippen molar-refractivity contribution in [2.45, 2.75) is 6.54 Å². The van der Waals surface area contributed by atoms with E-state index in [1.54, 1.807) is 24.3 Å². The summed E-state index contributed by atoms with van der Waals surface area (Å²) >= 11 is 0. The van der Waals surface area contributed by atoms with E-state index in [0.29, 0.717) is 25.5 Å². The third-order valence-electron chi connectivity index (χ3n) is 5.03. The molecule has 0 saturated carbocycles. The van der Waals surface area contributed by atoms with Crippen LogP contribution in [-0.2, 0) is 11.3 Å². The number of ether oxygens (including phenoxy) is 2. The number of hydrogen-bond donors (Lipinski definition) is 2. The zero-order valence-corrected chi connectivity index (χ0v) is 16.8. The van der Waals surface area contributed by atoms with Gasteiger partial charge in [0.2, 0.25) is 5.88 Å². The van der Waals surface area contributed by atoms with Gasteiger partial charge in [0.1, 0.15) is 22.9 Å². The van der Waals surface area contributed by atoms with Crippen molar-refractivity contribution in [2.24, 2.45) is 5.73 Å². The molecule has 0 atom stereocenters. The van der Waals surface area contributed by atoms with E-state index in [0.717, 1.165) is 42.0 Å². The summed E-state index contributed by atoms with van der Waals surface area (Å²) in [5.41, 5.74) is 7.96. The molecule has 2 aromatic carbocycles. The van der Waals surface area contributed by atoms with E-state index in [-0.39, 0.29) is 17.2 Å². The Morgan fingerprint density at radius 1 is 1.19 bits per heavy atom. The van der Waals surface area contributed by atoms with E-state index in [1.165, 1.54) is 0 Å². The van der Waals surface area contributed by atoms with Gasteiger partial charge >= 0.3 is 0 Å². The highest BCUT2D eigenvalue weighted by Crippen LogP contribution is 2.32. The molecule has 0 spiro atoms. The van der Waals surface area contributed by atoms with Crippen LogP contribution in [0.25, 0.3) is 11.1 Å². The van der Waals surface area contributed by atoms with Crippen LogP contribution >= 0.6 is 0 Å². The molecule has 1 aliphatic heterocycles. The van der Waals surface area contributed by atoms with Gasteiger partial charge in [0, 0.05) is 19.6 Å². The first kappa shape index (κ1) is 20.8. The lowest BCUT2D eigenvalue weighted by Crippen LogP contribution is -2.35. The van der Waals surface area contributed by atoms with Crippen LogP contribution in [0.2, 0.25) is 0 Å². The van der Waals surface area contributed by atoms with Gasteiger partial charge in [-0.3, -0.25) is 9.69 Å². The van der Waals surface area contributed by atoms with Gasteiger partial charge < -0.3 is 20.3 Å². The maximum absolute atomic E-state index is 13.4. The van der Waals surface area contributed by atoms with Crippen LogP contribution in [0.4, 0.5) is 4.39 Å². The second kappa shape index (κ2) is 9.11. The Bertz CT molecular complexity index is 1100. The number of pyridine rings is 1. The molecule has 3 aromatic rings. The second-order valence-electron chi connectivity index (χ2n) is 7.23. The number of primary amides is 1. The third-order valence-corrected chi connectivity index (χ3v) is 5.03. The van der Waals surface area contributed by atoms with Crippen molar-refractivity contribution in [3.05, 3.63) is 71.7 Å². The fraction of sp³-hybridized carbons (Fsp3) is 0.217. The van der Waals surface area contributed by atoms with Gasteiger partial charge in [-0.1, -0.05) is 18.2 Å². The van der Waals surface area contributed by atoms with Gasteiger partial charge in [0.15, 0.2) is 0 Å². The average molecular weight is 423 g/mol. The minimum atomic E-state index is -0.829. The highest BCUT2D eigenvalue weighted by molar-refractivity contribution is 5.95. The number of nitrogens with zero attached hydrogens (tertiary/aromatic N) is 2. The van der Waals surface area contributed by atoms with Gasteiger partial charge in [-0.25, -0.2) is 9.37 Å². The number of rotatable bonds is 6. The number of carbonyl (C=O) groups is 1. The molecule has 2 heterocycles. The summed E-state index contributed by atoms with van der Waals surface area (Å²) in [4.78, 5) is 17.7. The van der Waals surface area contributed by atoms with Crippen molar-refractivity contribution in [1.29, 1.82) is 0 Å². The minimum Gasteiger partial charge on any atom is -0.508 e. The largest absolute Gasteiger partial charge is 0.508 e. The number of benzene rings is 2. The van der Waals surface area contributed by atoms with Crippen molar-refractivity contribution in [3.63, 3.8) is 0 Å². The van der Waals surface area contributed by atoms with Crippen molar-refractivity contribution in [1.82, 2.24) is 9.88 Å². The Kier molecular flexibility index (Phi) is 6.11. The van der Waals surface area contributed by atoms with E-state index in [4.69, 9.17) is 15.2 Å². The normalized spacial score (nSPS) is 14.4. The first-order valence-electron chi connectivity index (χ1n) is 9.85. The monoisotopic (exact) mass is 423 g/mol. The molecule has 0 aliphatic carbocycles. The highest BCUT2D eigenvalue weighted by atomic mass is 19.1. The van der Waals surface area contributed by atoms with Gasteiger partial charge in [-0.15, -0.1) is 0 Å². The number of halogens is 1. The Morgan fingerprint density at radius 2 is 2.00 bits per heavy atom. The number of hydrogen-bond acceptors (Lipinski definition) is 6. The molecule has 1 saturated heterocycles. The van der Waals surface area contributed by atoms with Gasteiger partial charge in [0.25, 0.3) is 5.91 Å². The Hall–Kier alpha value is -3.49.